The number of benzene rings is 3. The van der Waals surface area contributed by atoms with E-state index in [0.717, 1.165) is 16.8 Å². The van der Waals surface area contributed by atoms with Crippen LogP contribution in [0.2, 0.25) is 5.02 Å². The molecule has 0 fully saturated rings. The fraction of sp³-hybridized carbons (Fsp3) is 0.120. The van der Waals surface area contributed by atoms with E-state index in [1.807, 2.05) is 73.7 Å². The number of hydrogen-bond donors (Lipinski definition) is 0. The summed E-state index contributed by atoms with van der Waals surface area (Å²) in [5.41, 5.74) is 3.55. The SMILES string of the molecule is COc1cc(/C=C2\C(=O)N(c3ccccc3)N=C2C)cc(Br)c1OCc1ccccc1Cl. The van der Waals surface area contributed by atoms with Crippen molar-refractivity contribution in [2.24, 2.45) is 5.10 Å². The van der Waals surface area contributed by atoms with Gasteiger partial charge in [-0.1, -0.05) is 48.0 Å². The Morgan fingerprint density at radius 3 is 2.53 bits per heavy atom. The lowest BCUT2D eigenvalue weighted by Gasteiger charge is -2.14. The molecule has 0 bridgehead atoms. The van der Waals surface area contributed by atoms with Crippen LogP contribution in [0.5, 0.6) is 11.5 Å². The number of nitrogens with zero attached hydrogens (tertiary/aromatic N) is 2. The summed E-state index contributed by atoms with van der Waals surface area (Å²) >= 11 is 9.80. The average Bonchev–Trinajstić information content (AvgIpc) is 3.08. The molecule has 1 aliphatic heterocycles. The number of hydrazone groups is 1. The second-order valence-electron chi connectivity index (χ2n) is 7.11. The molecule has 1 amide bonds. The highest BCUT2D eigenvalue weighted by Crippen LogP contribution is 2.38. The lowest BCUT2D eigenvalue weighted by molar-refractivity contribution is -0.114. The molecule has 0 saturated heterocycles. The minimum atomic E-state index is -0.178. The topological polar surface area (TPSA) is 51.1 Å². The Kier molecular flexibility index (Phi) is 6.63. The zero-order valence-corrected chi connectivity index (χ0v) is 19.9. The Morgan fingerprint density at radius 1 is 1.09 bits per heavy atom. The number of methoxy groups -OCH3 is 1. The van der Waals surface area contributed by atoms with Gasteiger partial charge in [0.25, 0.3) is 5.91 Å². The molecule has 0 radical (unpaired) electrons. The maximum atomic E-state index is 13.0. The predicted octanol–water partition coefficient (Wildman–Crippen LogP) is 6.50. The molecule has 4 rings (SSSR count). The smallest absolute Gasteiger partial charge is 0.280 e. The van der Waals surface area contributed by atoms with Gasteiger partial charge >= 0.3 is 0 Å². The van der Waals surface area contributed by atoms with Crippen molar-refractivity contribution in [3.05, 3.63) is 92.9 Å². The summed E-state index contributed by atoms with van der Waals surface area (Å²) in [6.07, 6.45) is 1.80. The molecule has 7 heteroatoms. The van der Waals surface area contributed by atoms with E-state index in [-0.39, 0.29) is 5.91 Å². The summed E-state index contributed by atoms with van der Waals surface area (Å²) in [7, 11) is 1.58. The van der Waals surface area contributed by atoms with Crippen LogP contribution in [0, 0.1) is 0 Å². The number of rotatable bonds is 6. The summed E-state index contributed by atoms with van der Waals surface area (Å²) < 4.78 is 12.2. The van der Waals surface area contributed by atoms with Crippen molar-refractivity contribution in [1.82, 2.24) is 0 Å². The first-order chi connectivity index (χ1) is 15.5. The van der Waals surface area contributed by atoms with Gasteiger partial charge in [0.2, 0.25) is 0 Å². The molecule has 0 aliphatic carbocycles. The second-order valence-corrected chi connectivity index (χ2v) is 8.37. The summed E-state index contributed by atoms with van der Waals surface area (Å²) in [4.78, 5) is 13.0. The van der Waals surface area contributed by atoms with Gasteiger partial charge in [-0.2, -0.15) is 10.1 Å². The lowest BCUT2D eigenvalue weighted by Crippen LogP contribution is -2.21. The third-order valence-corrected chi connectivity index (χ3v) is 5.91. The number of para-hydroxylation sites is 1. The van der Waals surface area contributed by atoms with E-state index in [4.69, 9.17) is 21.1 Å². The van der Waals surface area contributed by atoms with Crippen LogP contribution in [0.15, 0.2) is 81.9 Å². The minimum Gasteiger partial charge on any atom is -0.493 e. The minimum absolute atomic E-state index is 0.178. The molecule has 0 N–H and O–H groups in total. The van der Waals surface area contributed by atoms with E-state index < -0.39 is 0 Å². The molecule has 0 aromatic heterocycles. The van der Waals surface area contributed by atoms with Gasteiger partial charge < -0.3 is 9.47 Å². The van der Waals surface area contributed by atoms with Crippen LogP contribution in [-0.4, -0.2) is 18.7 Å². The number of carbonyl (C=O) groups excluding carboxylic acids is 1. The molecular weight excluding hydrogens is 492 g/mol. The van der Waals surface area contributed by atoms with Crippen molar-refractivity contribution >= 4 is 50.9 Å². The van der Waals surface area contributed by atoms with E-state index in [1.54, 1.807) is 13.2 Å². The van der Waals surface area contributed by atoms with Crippen molar-refractivity contribution in [3.8, 4) is 11.5 Å². The Balaban J connectivity index is 1.60. The molecule has 1 aliphatic rings. The first-order valence-corrected chi connectivity index (χ1v) is 11.1. The van der Waals surface area contributed by atoms with Gasteiger partial charge in [-0.3, -0.25) is 4.79 Å². The molecule has 32 heavy (non-hydrogen) atoms. The van der Waals surface area contributed by atoms with Crippen LogP contribution in [0.1, 0.15) is 18.1 Å². The summed E-state index contributed by atoms with van der Waals surface area (Å²) in [5.74, 6) is 0.921. The quantitative estimate of drug-likeness (QED) is 0.355. The van der Waals surface area contributed by atoms with Crippen LogP contribution in [0.3, 0.4) is 0 Å². The van der Waals surface area contributed by atoms with Crippen molar-refractivity contribution in [2.75, 3.05) is 12.1 Å². The summed E-state index contributed by atoms with van der Waals surface area (Å²) in [6, 6.07) is 20.6. The number of halogens is 2. The van der Waals surface area contributed by atoms with Gasteiger partial charge in [0.05, 0.1) is 28.6 Å². The molecule has 0 spiro atoms. The molecular formula is C25H20BrClN2O3. The maximum Gasteiger partial charge on any atom is 0.280 e. The molecule has 3 aromatic rings. The largest absolute Gasteiger partial charge is 0.493 e. The van der Waals surface area contributed by atoms with Crippen molar-refractivity contribution in [2.45, 2.75) is 13.5 Å². The zero-order chi connectivity index (χ0) is 22.7. The van der Waals surface area contributed by atoms with Gasteiger partial charge in [0, 0.05) is 10.6 Å². The standard InChI is InChI=1S/C25H20BrClN2O3/c1-16-20(25(30)29(28-16)19-9-4-3-5-10-19)12-17-13-21(26)24(23(14-17)31-2)32-15-18-8-6-7-11-22(18)27/h3-14H,15H2,1-2H3/b20-12-. The number of hydrogen-bond acceptors (Lipinski definition) is 4. The van der Waals surface area contributed by atoms with E-state index in [1.165, 1.54) is 5.01 Å². The molecule has 1 heterocycles. The molecule has 0 atom stereocenters. The van der Waals surface area contributed by atoms with E-state index in [2.05, 4.69) is 21.0 Å². The highest BCUT2D eigenvalue weighted by Gasteiger charge is 2.28. The normalized spacial score (nSPS) is 14.6. The number of amides is 1. The highest BCUT2D eigenvalue weighted by molar-refractivity contribution is 9.10. The first kappa shape index (κ1) is 22.1. The fourth-order valence-electron chi connectivity index (χ4n) is 3.32. The van der Waals surface area contributed by atoms with Crippen molar-refractivity contribution < 1.29 is 14.3 Å². The molecule has 3 aromatic carbocycles. The second kappa shape index (κ2) is 9.59. The van der Waals surface area contributed by atoms with Crippen LogP contribution in [0.25, 0.3) is 6.08 Å². The third-order valence-electron chi connectivity index (χ3n) is 4.96. The predicted molar refractivity (Wildman–Crippen MR) is 131 cm³/mol. The maximum absolute atomic E-state index is 13.0. The Bertz CT molecular complexity index is 1230. The molecule has 0 unspecified atom stereocenters. The number of carbonyl (C=O) groups is 1. The van der Waals surface area contributed by atoms with Gasteiger partial charge in [0.1, 0.15) is 6.61 Å². The lowest BCUT2D eigenvalue weighted by atomic mass is 10.1. The van der Waals surface area contributed by atoms with Crippen molar-refractivity contribution in [3.63, 3.8) is 0 Å². The number of anilines is 1. The van der Waals surface area contributed by atoms with Gasteiger partial charge in [-0.15, -0.1) is 0 Å². The van der Waals surface area contributed by atoms with E-state index >= 15 is 0 Å². The van der Waals surface area contributed by atoms with E-state index in [9.17, 15) is 4.79 Å². The third kappa shape index (κ3) is 4.56. The van der Waals surface area contributed by atoms with Gasteiger partial charge in [-0.25, -0.2) is 0 Å². The van der Waals surface area contributed by atoms with Crippen molar-refractivity contribution in [1.29, 1.82) is 0 Å². The van der Waals surface area contributed by atoms with Crippen LogP contribution in [-0.2, 0) is 11.4 Å². The van der Waals surface area contributed by atoms with Gasteiger partial charge in [0.15, 0.2) is 11.5 Å². The molecule has 5 nitrogen and oxygen atoms in total. The van der Waals surface area contributed by atoms with Crippen LogP contribution in [0.4, 0.5) is 5.69 Å². The summed E-state index contributed by atoms with van der Waals surface area (Å²) in [5, 5.41) is 6.47. The Morgan fingerprint density at radius 2 is 1.81 bits per heavy atom. The van der Waals surface area contributed by atoms with Crippen LogP contribution >= 0.6 is 27.5 Å². The Labute approximate surface area is 200 Å². The Hall–Kier alpha value is -3.09. The highest BCUT2D eigenvalue weighted by atomic mass is 79.9. The first-order valence-electron chi connectivity index (χ1n) is 9.88. The van der Waals surface area contributed by atoms with E-state index in [0.29, 0.717) is 38.9 Å². The monoisotopic (exact) mass is 510 g/mol. The summed E-state index contributed by atoms with van der Waals surface area (Å²) in [6.45, 7) is 2.12. The fourth-order valence-corrected chi connectivity index (χ4v) is 4.09. The zero-order valence-electron chi connectivity index (χ0n) is 17.5. The average molecular weight is 512 g/mol. The van der Waals surface area contributed by atoms with Crippen LogP contribution < -0.4 is 14.5 Å². The number of ether oxygens (including phenoxy) is 2. The molecule has 0 saturated carbocycles. The van der Waals surface area contributed by atoms with Gasteiger partial charge in [-0.05, 0) is 64.8 Å². The molecule has 162 valence electrons.